The molecule has 4 heterocycles. The Morgan fingerprint density at radius 3 is 1.20 bits per heavy atom. The second-order valence-corrected chi connectivity index (χ2v) is 38.7. The zero-order chi connectivity index (χ0) is 64.5. The molecule has 4 saturated heterocycles. The number of nitrogens with one attached hydrogen (secondary N) is 2. The third-order valence-electron chi connectivity index (χ3n) is 32.4. The Morgan fingerprint density at radius 1 is 0.378 bits per heavy atom. The summed E-state index contributed by atoms with van der Waals surface area (Å²) < 4.78 is 0. The maximum atomic E-state index is 11.0. The van der Waals surface area contributed by atoms with Gasteiger partial charge in [0.05, 0.1) is 54.9 Å². The standard InChI is InChI=1S/C20H32O2S.C19H31NO3.C19H31NO2.C19H30O2S/c1-11-7-15-17-16(22)9-13-8-14(21)5-6-19(13,3)18(17)23-10-20(15,4)12(11)2;1-10-14(22)8-13-16-15(23)7-11-6-12(21)4-5-18(11,2)17(16)20-9-19(10,13)3;1-11-4-5-14-16-15(22)9-12-8-13(21)6-7-18(12,2)17(16)20-10-19(11,14)3;1-11-4-5-14-16-15(21)9-12-8-13(20)6-7-18(12,2)17(16)22-10-19(11,14)3/h9,11-12,14-18,21-22H,5-8,10H2,1-4H3;7,10,12-17,20-23H,4-6,8-9H2,1-3H3;9,11,13-17,20-22H,4-8,10H2,1-3H3;9,11,13-17,20-21H,4-8,10H2,1-3H3/t11-,12+,14+,15?,16+,17?,18?,19+,20-;10-,12-,13?,14+,15-,16?,17?,18-,19+;2*11-,13-,14?,15-,16?,17?,18-,19+/m1000/s1. The fourth-order valence-corrected chi connectivity index (χ4v) is 29.6. The molecule has 90 heavy (non-hydrogen) atoms. The summed E-state index contributed by atoms with van der Waals surface area (Å²) in [5, 5.41) is 103. The van der Waals surface area contributed by atoms with Gasteiger partial charge in [0.2, 0.25) is 0 Å². The molecule has 11 N–H and O–H groups in total. The molecule has 11 nitrogen and oxygen atoms in total. The Morgan fingerprint density at radius 2 is 0.733 bits per heavy atom. The Balaban J connectivity index is 0.000000110. The first-order valence-corrected chi connectivity index (χ1v) is 39.0. The molecule has 8 saturated carbocycles. The van der Waals surface area contributed by atoms with Gasteiger partial charge in [0.25, 0.3) is 0 Å². The Hall–Kier alpha value is -0.780. The number of aliphatic hydroxyl groups excluding tert-OH is 9. The van der Waals surface area contributed by atoms with Crippen molar-refractivity contribution < 1.29 is 46.0 Å². The third kappa shape index (κ3) is 10.4. The van der Waals surface area contributed by atoms with Crippen molar-refractivity contribution in [2.45, 2.75) is 283 Å². The van der Waals surface area contributed by atoms with Gasteiger partial charge in [-0.15, -0.1) is 0 Å². The number of aliphatic hydroxyl groups is 9. The first-order chi connectivity index (χ1) is 42.3. The summed E-state index contributed by atoms with van der Waals surface area (Å²) in [6.07, 6.45) is 23.8. The van der Waals surface area contributed by atoms with Crippen LogP contribution in [0.25, 0.3) is 0 Å². The summed E-state index contributed by atoms with van der Waals surface area (Å²) in [5.41, 5.74) is 6.89. The number of hydrogen-bond donors (Lipinski definition) is 11. The molecule has 12 unspecified atom stereocenters. The van der Waals surface area contributed by atoms with Gasteiger partial charge in [0, 0.05) is 81.0 Å². The molecule has 0 spiro atoms. The zero-order valence-electron chi connectivity index (χ0n) is 57.7. The smallest absolute Gasteiger partial charge is 0.0770 e. The van der Waals surface area contributed by atoms with Crippen LogP contribution < -0.4 is 10.6 Å². The third-order valence-corrected chi connectivity index (χ3v) is 36.4. The molecule has 4 aliphatic heterocycles. The summed E-state index contributed by atoms with van der Waals surface area (Å²) in [6, 6.07) is 0.624. The minimum absolute atomic E-state index is 0.0290. The van der Waals surface area contributed by atoms with Crippen molar-refractivity contribution in [3.05, 3.63) is 46.6 Å². The normalized spacial score (nSPS) is 58.2. The van der Waals surface area contributed by atoms with Crippen LogP contribution in [0, 0.1) is 120 Å². The van der Waals surface area contributed by atoms with Crippen LogP contribution in [-0.4, -0.2) is 148 Å². The number of hydrogen-bond acceptors (Lipinski definition) is 13. The SMILES string of the molecule is C[C@@H]1CC2C3C(SC[C@]2(C)[C@H]1C)[C@@]1(C)CC[C@H](O)CC1=C[C@@H]3O.C[C@H]1CCC2C3C(NC[C@@]21C)[C@@]1(C)CC[C@H](O)CC1=C[C@@H]3O.C[C@H]1CCC2C3C(SC[C@@]21C)[C@@]1(C)CC[C@H](O)CC1=C[C@@H]3O.C[C@H]1[C@H](O)CC2C3C(NC[C@@]21C)[C@@]1(C)CC[C@H](O)CC1=C[C@@H]3O. The Labute approximate surface area is 551 Å². The molecule has 13 heteroatoms. The molecule has 508 valence electrons. The van der Waals surface area contributed by atoms with Crippen molar-refractivity contribution in [3.8, 4) is 0 Å². The molecule has 0 aromatic rings. The summed E-state index contributed by atoms with van der Waals surface area (Å²) in [4.78, 5) is 0. The molecule has 12 fully saturated rings. The molecular weight excluding hydrogens is 1160 g/mol. The lowest BCUT2D eigenvalue weighted by molar-refractivity contribution is -0.0637. The van der Waals surface area contributed by atoms with E-state index in [0.29, 0.717) is 80.6 Å². The highest BCUT2D eigenvalue weighted by atomic mass is 32.2. The van der Waals surface area contributed by atoms with Crippen molar-refractivity contribution in [1.29, 1.82) is 0 Å². The quantitative estimate of drug-likeness (QED) is 0.102. The Bertz CT molecular complexity index is 2630. The van der Waals surface area contributed by atoms with Crippen LogP contribution in [0.15, 0.2) is 46.6 Å². The van der Waals surface area contributed by atoms with Gasteiger partial charge in [0.1, 0.15) is 0 Å². The zero-order valence-corrected chi connectivity index (χ0v) is 59.4. The van der Waals surface area contributed by atoms with E-state index in [1.807, 2.05) is 6.08 Å². The van der Waals surface area contributed by atoms with Gasteiger partial charge in [-0.3, -0.25) is 0 Å². The first kappa shape index (κ1) is 67.8. The van der Waals surface area contributed by atoms with Crippen molar-refractivity contribution in [1.82, 2.24) is 10.6 Å². The van der Waals surface area contributed by atoms with Gasteiger partial charge in [-0.05, 0) is 202 Å². The van der Waals surface area contributed by atoms with Crippen LogP contribution >= 0.6 is 23.5 Å². The summed E-state index contributed by atoms with van der Waals surface area (Å²) >= 11 is 4.27. The maximum absolute atomic E-state index is 11.0. The van der Waals surface area contributed by atoms with Gasteiger partial charge in [0.15, 0.2) is 0 Å². The molecule has 0 bridgehead atoms. The van der Waals surface area contributed by atoms with Crippen LogP contribution in [0.5, 0.6) is 0 Å². The largest absolute Gasteiger partial charge is 0.393 e. The maximum Gasteiger partial charge on any atom is 0.0770 e. The van der Waals surface area contributed by atoms with E-state index in [1.165, 1.54) is 65.9 Å². The van der Waals surface area contributed by atoms with Crippen molar-refractivity contribution in [2.24, 2.45) is 120 Å². The van der Waals surface area contributed by atoms with Crippen LogP contribution in [0.3, 0.4) is 0 Å². The van der Waals surface area contributed by atoms with E-state index < -0.39 is 6.10 Å². The first-order valence-electron chi connectivity index (χ1n) is 36.9. The van der Waals surface area contributed by atoms with E-state index in [2.05, 4.69) is 142 Å². The van der Waals surface area contributed by atoms with Gasteiger partial charge < -0.3 is 56.6 Å². The molecule has 0 radical (unpaired) electrons. The van der Waals surface area contributed by atoms with E-state index in [4.69, 9.17) is 0 Å². The van der Waals surface area contributed by atoms with E-state index in [0.717, 1.165) is 114 Å². The second-order valence-electron chi connectivity index (χ2n) is 36.5. The lowest BCUT2D eigenvalue weighted by Crippen LogP contribution is -2.66. The number of thioether (sulfide) groups is 2. The molecule has 16 aliphatic rings. The molecular formula is C77H124N2O9S2. The summed E-state index contributed by atoms with van der Waals surface area (Å²) in [6.45, 7) is 32.9. The minimum atomic E-state index is -0.469. The lowest BCUT2D eigenvalue weighted by atomic mass is 9.52. The molecule has 16 rings (SSSR count). The fraction of sp³-hybridized carbons (Fsp3) is 0.896. The minimum Gasteiger partial charge on any atom is -0.393 e. The van der Waals surface area contributed by atoms with Crippen molar-refractivity contribution in [3.63, 3.8) is 0 Å². The summed E-state index contributed by atoms with van der Waals surface area (Å²) in [5.74, 6) is 9.41. The summed E-state index contributed by atoms with van der Waals surface area (Å²) in [7, 11) is 0. The average molecular weight is 1290 g/mol. The molecule has 12 aliphatic carbocycles. The highest BCUT2D eigenvalue weighted by Gasteiger charge is 2.66. The monoisotopic (exact) mass is 1280 g/mol. The molecule has 34 atom stereocenters. The van der Waals surface area contributed by atoms with E-state index >= 15 is 0 Å². The predicted octanol–water partition coefficient (Wildman–Crippen LogP) is 11.4. The van der Waals surface area contributed by atoms with Crippen LogP contribution in [-0.2, 0) is 0 Å². The lowest BCUT2D eigenvalue weighted by Gasteiger charge is -2.59. The van der Waals surface area contributed by atoms with Gasteiger partial charge >= 0.3 is 0 Å². The van der Waals surface area contributed by atoms with Crippen molar-refractivity contribution in [2.75, 3.05) is 24.6 Å². The van der Waals surface area contributed by atoms with E-state index in [9.17, 15) is 46.0 Å². The van der Waals surface area contributed by atoms with E-state index in [1.54, 1.807) is 0 Å². The highest BCUT2D eigenvalue weighted by molar-refractivity contribution is 8.00. The van der Waals surface area contributed by atoms with Gasteiger partial charge in [-0.1, -0.05) is 137 Å². The average Bonchev–Trinajstić information content (AvgIpc) is 1.38. The van der Waals surface area contributed by atoms with Crippen LogP contribution in [0.4, 0.5) is 0 Å². The van der Waals surface area contributed by atoms with Crippen molar-refractivity contribution >= 4 is 23.5 Å². The second kappa shape index (κ2) is 24.0. The Kier molecular flexibility index (Phi) is 18.1. The van der Waals surface area contributed by atoms with Gasteiger partial charge in [-0.2, -0.15) is 23.5 Å². The highest BCUT2D eigenvalue weighted by Crippen LogP contribution is 2.69. The van der Waals surface area contributed by atoms with Crippen LogP contribution in [0.2, 0.25) is 0 Å². The fourth-order valence-electron chi connectivity index (χ4n) is 25.2. The van der Waals surface area contributed by atoms with Crippen LogP contribution in [0.1, 0.15) is 206 Å². The molecule has 0 aromatic heterocycles. The molecule has 0 amide bonds. The number of rotatable bonds is 0. The topological polar surface area (TPSA) is 206 Å². The number of piperidine rings is 2. The number of fused-ring (bicyclic) bond motifs is 20. The van der Waals surface area contributed by atoms with E-state index in [-0.39, 0.29) is 93.8 Å². The predicted molar refractivity (Wildman–Crippen MR) is 364 cm³/mol. The van der Waals surface area contributed by atoms with Gasteiger partial charge in [-0.25, -0.2) is 0 Å². The molecule has 0 aromatic carbocycles.